The number of nitrogens with two attached hydrogens (primary N) is 1. The second-order valence-corrected chi connectivity index (χ2v) is 5.45. The van der Waals surface area contributed by atoms with Gasteiger partial charge in [0, 0.05) is 25.0 Å². The summed E-state index contributed by atoms with van der Waals surface area (Å²) in [5.41, 5.74) is 7.13. The van der Waals surface area contributed by atoms with Crippen molar-refractivity contribution in [3.8, 4) is 5.75 Å². The number of rotatable bonds is 4. The molecule has 1 aromatic rings. The lowest BCUT2D eigenvalue weighted by Gasteiger charge is -2.35. The molecule has 3 nitrogen and oxygen atoms in total. The number of benzene rings is 1. The molecule has 0 aliphatic carbocycles. The van der Waals surface area contributed by atoms with E-state index in [0.29, 0.717) is 6.54 Å². The van der Waals surface area contributed by atoms with Crippen LogP contribution in [-0.2, 0) is 6.42 Å². The zero-order valence-corrected chi connectivity index (χ0v) is 10.9. The van der Waals surface area contributed by atoms with Crippen LogP contribution in [0.3, 0.4) is 0 Å². The average Bonchev–Trinajstić information content (AvgIpc) is 2.70. The molecule has 1 aliphatic heterocycles. The first-order chi connectivity index (χ1) is 8.03. The second kappa shape index (κ2) is 4.67. The van der Waals surface area contributed by atoms with Crippen LogP contribution in [0.2, 0.25) is 0 Å². The largest absolute Gasteiger partial charge is 0.488 e. The molecular formula is C14H22N2O. The molecule has 2 rings (SSSR count). The molecule has 1 aromatic carbocycles. The number of likely N-dealkylation sites (N-methyl/N-ethyl adjacent to an activating group) is 1. The van der Waals surface area contributed by atoms with Gasteiger partial charge < -0.3 is 10.5 Å². The third-order valence-corrected chi connectivity index (χ3v) is 3.72. The molecule has 0 radical (unpaired) electrons. The van der Waals surface area contributed by atoms with Crippen LogP contribution in [0.5, 0.6) is 5.75 Å². The van der Waals surface area contributed by atoms with E-state index in [1.165, 1.54) is 5.56 Å². The van der Waals surface area contributed by atoms with E-state index in [9.17, 15) is 0 Å². The zero-order chi connectivity index (χ0) is 12.5. The van der Waals surface area contributed by atoms with E-state index in [2.05, 4.69) is 37.9 Å². The monoisotopic (exact) mass is 234 g/mol. The highest BCUT2D eigenvalue weighted by atomic mass is 16.5. The van der Waals surface area contributed by atoms with Crippen molar-refractivity contribution in [2.24, 2.45) is 5.73 Å². The van der Waals surface area contributed by atoms with E-state index in [4.69, 9.17) is 10.5 Å². The van der Waals surface area contributed by atoms with Gasteiger partial charge in [-0.3, -0.25) is 4.90 Å². The number of ether oxygens (including phenoxy) is 1. The summed E-state index contributed by atoms with van der Waals surface area (Å²) < 4.78 is 5.93. The molecule has 3 heteroatoms. The van der Waals surface area contributed by atoms with Gasteiger partial charge >= 0.3 is 0 Å². The smallest absolute Gasteiger partial charge is 0.123 e. The maximum atomic E-state index is 5.93. The first-order valence-electron chi connectivity index (χ1n) is 6.19. The Morgan fingerprint density at radius 3 is 2.76 bits per heavy atom. The Hall–Kier alpha value is -1.06. The van der Waals surface area contributed by atoms with Crippen molar-refractivity contribution in [1.29, 1.82) is 0 Å². The predicted molar refractivity (Wildman–Crippen MR) is 70.3 cm³/mol. The summed E-state index contributed by atoms with van der Waals surface area (Å²) >= 11 is 0. The highest BCUT2D eigenvalue weighted by molar-refractivity contribution is 5.37. The molecule has 0 fully saturated rings. The molecule has 0 spiro atoms. The van der Waals surface area contributed by atoms with E-state index >= 15 is 0 Å². The van der Waals surface area contributed by atoms with Crippen molar-refractivity contribution >= 4 is 0 Å². The van der Waals surface area contributed by atoms with Crippen LogP contribution in [0.15, 0.2) is 24.3 Å². The van der Waals surface area contributed by atoms with E-state index in [0.717, 1.165) is 18.7 Å². The summed E-state index contributed by atoms with van der Waals surface area (Å²) in [5.74, 6) is 1.04. The fraction of sp³-hybridized carbons (Fsp3) is 0.571. The molecule has 0 amide bonds. The molecule has 0 saturated heterocycles. The molecule has 0 saturated carbocycles. The van der Waals surface area contributed by atoms with Crippen LogP contribution < -0.4 is 10.5 Å². The number of hydrogen-bond donors (Lipinski definition) is 1. The van der Waals surface area contributed by atoms with Gasteiger partial charge in [-0.2, -0.15) is 0 Å². The fourth-order valence-corrected chi connectivity index (χ4v) is 2.06. The molecule has 1 aliphatic rings. The normalized spacial score (nSPS) is 19.2. The van der Waals surface area contributed by atoms with Gasteiger partial charge in [-0.1, -0.05) is 18.2 Å². The highest BCUT2D eigenvalue weighted by Gasteiger charge is 2.28. The minimum atomic E-state index is 0.0259. The first-order valence-corrected chi connectivity index (χ1v) is 6.19. The van der Waals surface area contributed by atoms with E-state index < -0.39 is 0 Å². The van der Waals surface area contributed by atoms with Gasteiger partial charge in [0.2, 0.25) is 0 Å². The van der Waals surface area contributed by atoms with Crippen LogP contribution in [0.25, 0.3) is 0 Å². The van der Waals surface area contributed by atoms with Gasteiger partial charge in [-0.25, -0.2) is 0 Å². The second-order valence-electron chi connectivity index (χ2n) is 5.45. The van der Waals surface area contributed by atoms with Gasteiger partial charge in [-0.15, -0.1) is 0 Å². The number of nitrogens with zero attached hydrogens (tertiary/aromatic N) is 1. The molecule has 94 valence electrons. The maximum absolute atomic E-state index is 5.93. The van der Waals surface area contributed by atoms with Crippen molar-refractivity contribution < 1.29 is 4.74 Å². The fourth-order valence-electron chi connectivity index (χ4n) is 2.06. The van der Waals surface area contributed by atoms with Crippen LogP contribution in [0.4, 0.5) is 0 Å². The zero-order valence-electron chi connectivity index (χ0n) is 10.9. The molecule has 0 bridgehead atoms. The molecule has 2 N–H and O–H groups in total. The first kappa shape index (κ1) is 12.4. The third kappa shape index (κ3) is 2.61. The molecule has 1 atom stereocenters. The third-order valence-electron chi connectivity index (χ3n) is 3.72. The van der Waals surface area contributed by atoms with Gasteiger partial charge in [0.1, 0.15) is 11.9 Å². The van der Waals surface area contributed by atoms with Gasteiger partial charge in [0.15, 0.2) is 0 Å². The minimum Gasteiger partial charge on any atom is -0.488 e. The van der Waals surface area contributed by atoms with Crippen molar-refractivity contribution in [3.63, 3.8) is 0 Å². The maximum Gasteiger partial charge on any atom is 0.123 e. The van der Waals surface area contributed by atoms with E-state index in [1.807, 2.05) is 12.1 Å². The van der Waals surface area contributed by atoms with Crippen LogP contribution in [0.1, 0.15) is 19.4 Å². The molecule has 1 heterocycles. The SMILES string of the molecule is CN(CC1Cc2ccccc2O1)C(C)(C)CN. The van der Waals surface area contributed by atoms with Crippen molar-refractivity contribution in [2.45, 2.75) is 31.9 Å². The Balaban J connectivity index is 1.96. The summed E-state index contributed by atoms with van der Waals surface area (Å²) in [6, 6.07) is 8.28. The molecule has 0 aromatic heterocycles. The number of hydrogen-bond acceptors (Lipinski definition) is 3. The Kier molecular flexibility index (Phi) is 3.40. The Morgan fingerprint density at radius 2 is 2.12 bits per heavy atom. The lowest BCUT2D eigenvalue weighted by molar-refractivity contribution is 0.0994. The average molecular weight is 234 g/mol. The Morgan fingerprint density at radius 1 is 1.41 bits per heavy atom. The van der Waals surface area contributed by atoms with Crippen molar-refractivity contribution in [2.75, 3.05) is 20.1 Å². The quantitative estimate of drug-likeness (QED) is 0.861. The van der Waals surface area contributed by atoms with Crippen LogP contribution >= 0.6 is 0 Å². The van der Waals surface area contributed by atoms with Crippen LogP contribution in [0, 0.1) is 0 Å². The molecule has 17 heavy (non-hydrogen) atoms. The number of fused-ring (bicyclic) bond motifs is 1. The lowest BCUT2D eigenvalue weighted by atomic mass is 10.0. The minimum absolute atomic E-state index is 0.0259. The number of para-hydroxylation sites is 1. The summed E-state index contributed by atoms with van der Waals surface area (Å²) in [5, 5.41) is 0. The van der Waals surface area contributed by atoms with Crippen molar-refractivity contribution in [3.05, 3.63) is 29.8 Å². The summed E-state index contributed by atoms with van der Waals surface area (Å²) in [6.07, 6.45) is 1.25. The van der Waals surface area contributed by atoms with E-state index in [1.54, 1.807) is 0 Å². The summed E-state index contributed by atoms with van der Waals surface area (Å²) in [7, 11) is 2.11. The van der Waals surface area contributed by atoms with Crippen LogP contribution in [-0.4, -0.2) is 36.7 Å². The van der Waals surface area contributed by atoms with E-state index in [-0.39, 0.29) is 11.6 Å². The Labute approximate surface area is 104 Å². The molecular weight excluding hydrogens is 212 g/mol. The van der Waals surface area contributed by atoms with Gasteiger partial charge in [0.05, 0.1) is 0 Å². The molecule has 1 unspecified atom stereocenters. The van der Waals surface area contributed by atoms with Gasteiger partial charge in [-0.05, 0) is 32.5 Å². The summed E-state index contributed by atoms with van der Waals surface area (Å²) in [6.45, 7) is 5.90. The lowest BCUT2D eigenvalue weighted by Crippen LogP contribution is -2.50. The Bertz CT molecular complexity index is 365. The standard InChI is InChI=1S/C14H22N2O/c1-14(2,10-15)16(3)9-12-8-11-6-4-5-7-13(11)17-12/h4-7,12H,8-10,15H2,1-3H3. The topological polar surface area (TPSA) is 38.5 Å². The van der Waals surface area contributed by atoms with Crippen molar-refractivity contribution in [1.82, 2.24) is 4.90 Å². The summed E-state index contributed by atoms with van der Waals surface area (Å²) in [4.78, 5) is 2.28. The van der Waals surface area contributed by atoms with Gasteiger partial charge in [0.25, 0.3) is 0 Å². The highest BCUT2D eigenvalue weighted by Crippen LogP contribution is 2.29. The predicted octanol–water partition coefficient (Wildman–Crippen LogP) is 1.66.